The smallest absolute Gasteiger partial charge is 0.340 e. The van der Waals surface area contributed by atoms with E-state index < -0.39 is 5.97 Å². The van der Waals surface area contributed by atoms with E-state index >= 15 is 0 Å². The molecule has 0 aromatic carbocycles. The van der Waals surface area contributed by atoms with E-state index in [1.807, 2.05) is 13.8 Å². The van der Waals surface area contributed by atoms with Crippen molar-refractivity contribution in [3.63, 3.8) is 0 Å². The van der Waals surface area contributed by atoms with E-state index in [9.17, 15) is 9.59 Å². The summed E-state index contributed by atoms with van der Waals surface area (Å²) in [5.74, 6) is -0.135. The predicted octanol–water partition coefficient (Wildman–Crippen LogP) is 3.52. The fourth-order valence-corrected chi connectivity index (χ4v) is 3.07. The molecule has 0 unspecified atom stereocenters. The van der Waals surface area contributed by atoms with Crippen molar-refractivity contribution < 1.29 is 18.8 Å². The molecule has 0 bridgehead atoms. The molecule has 0 radical (unpaired) electrons. The van der Waals surface area contributed by atoms with Crippen LogP contribution < -0.4 is 5.32 Å². The first-order valence-corrected chi connectivity index (χ1v) is 7.63. The van der Waals surface area contributed by atoms with Crippen LogP contribution in [-0.4, -0.2) is 24.1 Å². The molecule has 0 spiro atoms. The molecule has 0 aliphatic carbocycles. The van der Waals surface area contributed by atoms with E-state index in [4.69, 9.17) is 9.26 Å². The molecular formula is C15H18N2O4S. The van der Waals surface area contributed by atoms with Crippen LogP contribution in [-0.2, 0) is 4.74 Å². The highest BCUT2D eigenvalue weighted by atomic mass is 32.1. The van der Waals surface area contributed by atoms with Gasteiger partial charge in [-0.2, -0.15) is 0 Å². The number of esters is 1. The van der Waals surface area contributed by atoms with Crippen LogP contribution in [0.5, 0.6) is 0 Å². The van der Waals surface area contributed by atoms with Crippen molar-refractivity contribution in [1.29, 1.82) is 0 Å². The maximum atomic E-state index is 12.4. The third kappa shape index (κ3) is 3.04. The summed E-state index contributed by atoms with van der Waals surface area (Å²) in [6.45, 7) is 7.41. The van der Waals surface area contributed by atoms with Gasteiger partial charge in [0.2, 0.25) is 0 Å². The second-order valence-electron chi connectivity index (χ2n) is 5.19. The molecule has 0 atom stereocenters. The molecule has 2 rings (SSSR count). The van der Waals surface area contributed by atoms with Gasteiger partial charge in [-0.25, -0.2) is 4.79 Å². The number of hydrogen-bond acceptors (Lipinski definition) is 6. The summed E-state index contributed by atoms with van der Waals surface area (Å²) in [5.41, 5.74) is 1.25. The molecule has 0 saturated carbocycles. The fraction of sp³-hybridized carbons (Fsp3) is 0.400. The average Bonchev–Trinajstić information content (AvgIpc) is 3.02. The van der Waals surface area contributed by atoms with E-state index in [0.717, 1.165) is 4.88 Å². The summed E-state index contributed by atoms with van der Waals surface area (Å²) in [5, 5.41) is 7.00. The van der Waals surface area contributed by atoms with Crippen LogP contribution in [0.15, 0.2) is 10.6 Å². The third-order valence-electron chi connectivity index (χ3n) is 3.21. The lowest BCUT2D eigenvalue weighted by Gasteiger charge is -2.04. The number of hydrogen-bond donors (Lipinski definition) is 1. The van der Waals surface area contributed by atoms with Gasteiger partial charge in [-0.1, -0.05) is 19.0 Å². The molecule has 2 aromatic heterocycles. The molecule has 22 heavy (non-hydrogen) atoms. The van der Waals surface area contributed by atoms with Gasteiger partial charge in [-0.15, -0.1) is 11.3 Å². The molecule has 0 fully saturated rings. The number of methoxy groups -OCH3 is 1. The quantitative estimate of drug-likeness (QED) is 0.871. The monoisotopic (exact) mass is 322 g/mol. The number of ether oxygens (including phenoxy) is 1. The van der Waals surface area contributed by atoms with E-state index in [2.05, 4.69) is 10.5 Å². The maximum Gasteiger partial charge on any atom is 0.340 e. The first-order chi connectivity index (χ1) is 10.3. The maximum absolute atomic E-state index is 12.4. The minimum atomic E-state index is -0.475. The van der Waals surface area contributed by atoms with Crippen LogP contribution in [0.4, 0.5) is 5.00 Å². The normalized spacial score (nSPS) is 10.8. The number of carbonyl (C=O) groups excluding carboxylic acids is 2. The Labute approximate surface area is 132 Å². The first-order valence-electron chi connectivity index (χ1n) is 6.81. The van der Waals surface area contributed by atoms with Crippen molar-refractivity contribution in [3.8, 4) is 0 Å². The van der Waals surface area contributed by atoms with Crippen molar-refractivity contribution in [2.24, 2.45) is 0 Å². The summed E-state index contributed by atoms with van der Waals surface area (Å²) in [7, 11) is 1.31. The molecule has 0 saturated heterocycles. The largest absolute Gasteiger partial charge is 0.465 e. The number of nitrogens with one attached hydrogen (secondary N) is 1. The lowest BCUT2D eigenvalue weighted by molar-refractivity contribution is 0.0602. The second-order valence-corrected chi connectivity index (χ2v) is 6.27. The van der Waals surface area contributed by atoms with Gasteiger partial charge >= 0.3 is 5.97 Å². The van der Waals surface area contributed by atoms with E-state index in [1.54, 1.807) is 19.9 Å². The van der Waals surface area contributed by atoms with E-state index in [-0.39, 0.29) is 11.8 Å². The van der Waals surface area contributed by atoms with Gasteiger partial charge in [0.1, 0.15) is 16.3 Å². The number of carbonyl (C=O) groups is 2. The zero-order valence-corrected chi connectivity index (χ0v) is 14.0. The summed E-state index contributed by atoms with van der Waals surface area (Å²) in [6.07, 6.45) is 0. The van der Waals surface area contributed by atoms with Crippen molar-refractivity contribution >= 4 is 28.2 Å². The second kappa shape index (κ2) is 6.31. The van der Waals surface area contributed by atoms with Gasteiger partial charge in [0.25, 0.3) is 5.91 Å². The Morgan fingerprint density at radius 1 is 1.36 bits per heavy atom. The van der Waals surface area contributed by atoms with Crippen molar-refractivity contribution in [2.45, 2.75) is 33.6 Å². The van der Waals surface area contributed by atoms with Gasteiger partial charge < -0.3 is 14.6 Å². The van der Waals surface area contributed by atoms with Gasteiger partial charge in [-0.3, -0.25) is 4.79 Å². The Morgan fingerprint density at radius 3 is 2.55 bits per heavy atom. The molecule has 118 valence electrons. The van der Waals surface area contributed by atoms with Crippen LogP contribution in [0, 0.1) is 13.8 Å². The number of amides is 1. The fourth-order valence-electron chi connectivity index (χ4n) is 2.02. The van der Waals surface area contributed by atoms with Gasteiger partial charge in [0.05, 0.1) is 18.4 Å². The summed E-state index contributed by atoms with van der Waals surface area (Å²) in [6, 6.07) is 1.75. The Kier molecular flexibility index (Phi) is 4.65. The number of thiophene rings is 1. The van der Waals surface area contributed by atoms with Gasteiger partial charge in [0.15, 0.2) is 0 Å². The number of anilines is 1. The highest BCUT2D eigenvalue weighted by Gasteiger charge is 2.23. The zero-order chi connectivity index (χ0) is 16.4. The number of nitrogens with zero attached hydrogens (tertiary/aromatic N) is 1. The standard InChI is InChI=1S/C15H18N2O4S/c1-7(2)11-6-10(15(19)20-5)14(22-11)16-13(18)12-8(3)17-21-9(12)4/h6-7H,1-5H3,(H,16,18). The molecule has 7 heteroatoms. The number of aromatic nitrogens is 1. The topological polar surface area (TPSA) is 81.4 Å². The van der Waals surface area contributed by atoms with Crippen LogP contribution in [0.3, 0.4) is 0 Å². The predicted molar refractivity (Wildman–Crippen MR) is 83.7 cm³/mol. The van der Waals surface area contributed by atoms with E-state index in [0.29, 0.717) is 27.6 Å². The minimum Gasteiger partial charge on any atom is -0.465 e. The van der Waals surface area contributed by atoms with Gasteiger partial charge in [-0.05, 0) is 25.8 Å². The molecule has 1 amide bonds. The number of aryl methyl sites for hydroxylation is 2. The molecule has 0 aliphatic heterocycles. The average molecular weight is 322 g/mol. The van der Waals surface area contributed by atoms with Crippen molar-refractivity contribution in [2.75, 3.05) is 12.4 Å². The highest BCUT2D eigenvalue weighted by Crippen LogP contribution is 2.33. The summed E-state index contributed by atoms with van der Waals surface area (Å²) >= 11 is 1.36. The molecule has 6 nitrogen and oxygen atoms in total. The molecule has 1 N–H and O–H groups in total. The summed E-state index contributed by atoms with van der Waals surface area (Å²) in [4.78, 5) is 25.3. The molecule has 2 aromatic rings. The Balaban J connectivity index is 2.36. The molecular weight excluding hydrogens is 304 g/mol. The van der Waals surface area contributed by atoms with Gasteiger partial charge in [0, 0.05) is 4.88 Å². The molecule has 0 aliphatic rings. The summed E-state index contributed by atoms with van der Waals surface area (Å²) < 4.78 is 9.77. The number of rotatable bonds is 4. The molecule has 2 heterocycles. The first kappa shape index (κ1) is 16.2. The van der Waals surface area contributed by atoms with Crippen LogP contribution in [0.1, 0.15) is 56.8 Å². The zero-order valence-electron chi connectivity index (χ0n) is 13.1. The lowest BCUT2D eigenvalue weighted by atomic mass is 10.1. The Bertz CT molecular complexity index is 696. The van der Waals surface area contributed by atoms with E-state index in [1.165, 1.54) is 18.4 Å². The van der Waals surface area contributed by atoms with Crippen LogP contribution in [0.2, 0.25) is 0 Å². The highest BCUT2D eigenvalue weighted by molar-refractivity contribution is 7.16. The van der Waals surface area contributed by atoms with Crippen LogP contribution >= 0.6 is 11.3 Å². The van der Waals surface area contributed by atoms with Crippen molar-refractivity contribution in [3.05, 3.63) is 33.5 Å². The van der Waals surface area contributed by atoms with Crippen molar-refractivity contribution in [1.82, 2.24) is 5.16 Å². The Morgan fingerprint density at radius 2 is 2.05 bits per heavy atom. The van der Waals surface area contributed by atoms with Crippen LogP contribution in [0.25, 0.3) is 0 Å². The lowest BCUT2D eigenvalue weighted by Crippen LogP contribution is -2.15. The third-order valence-corrected chi connectivity index (χ3v) is 4.56. The SMILES string of the molecule is COC(=O)c1cc(C(C)C)sc1NC(=O)c1c(C)noc1C. The minimum absolute atomic E-state index is 0.248. The Hall–Kier alpha value is -2.15.